The Hall–Kier alpha value is -2.89. The fourth-order valence-electron chi connectivity index (χ4n) is 3.69. The van der Waals surface area contributed by atoms with Gasteiger partial charge in [0.25, 0.3) is 11.5 Å². The van der Waals surface area contributed by atoms with Gasteiger partial charge in [-0.3, -0.25) is 9.59 Å². The van der Waals surface area contributed by atoms with Crippen LogP contribution >= 0.6 is 0 Å². The van der Waals surface area contributed by atoms with Gasteiger partial charge in [-0.15, -0.1) is 0 Å². The van der Waals surface area contributed by atoms with E-state index in [0.29, 0.717) is 17.3 Å². The number of aryl methyl sites for hydroxylation is 1. The number of furan rings is 1. The average molecular weight is 351 g/mol. The first-order valence-corrected chi connectivity index (χ1v) is 9.00. The molecule has 6 heteroatoms. The van der Waals surface area contributed by atoms with E-state index in [9.17, 15) is 9.59 Å². The third-order valence-electron chi connectivity index (χ3n) is 5.00. The van der Waals surface area contributed by atoms with E-state index in [2.05, 4.69) is 10.2 Å². The maximum Gasteiger partial charge on any atom is 0.275 e. The van der Waals surface area contributed by atoms with Crippen molar-refractivity contribution < 1.29 is 9.21 Å². The largest absolute Gasteiger partial charge is 0.464 e. The third kappa shape index (κ3) is 2.92. The van der Waals surface area contributed by atoms with Gasteiger partial charge in [0, 0.05) is 11.9 Å². The molecular weight excluding hydrogens is 330 g/mol. The zero-order valence-corrected chi connectivity index (χ0v) is 14.7. The molecule has 134 valence electrons. The Balaban J connectivity index is 1.78. The van der Waals surface area contributed by atoms with Crippen molar-refractivity contribution in [3.63, 3.8) is 0 Å². The number of aromatic amines is 1. The first kappa shape index (κ1) is 16.6. The molecule has 0 saturated carbocycles. The molecule has 0 spiro atoms. The van der Waals surface area contributed by atoms with Crippen LogP contribution in [0.25, 0.3) is 10.8 Å². The molecule has 0 unspecified atom stereocenters. The van der Waals surface area contributed by atoms with Crippen LogP contribution in [0.3, 0.4) is 0 Å². The molecule has 1 aliphatic heterocycles. The number of H-pyrrole nitrogens is 1. The maximum absolute atomic E-state index is 13.4. The van der Waals surface area contributed by atoms with Crippen molar-refractivity contribution in [2.75, 3.05) is 6.54 Å². The molecule has 4 rings (SSSR count). The van der Waals surface area contributed by atoms with Gasteiger partial charge < -0.3 is 9.32 Å². The summed E-state index contributed by atoms with van der Waals surface area (Å²) in [4.78, 5) is 27.2. The topological polar surface area (TPSA) is 79.2 Å². The summed E-state index contributed by atoms with van der Waals surface area (Å²) in [5, 5.41) is 7.61. The van der Waals surface area contributed by atoms with E-state index in [1.54, 1.807) is 18.2 Å². The number of benzene rings is 1. The lowest BCUT2D eigenvalue weighted by molar-refractivity contribution is 0.0652. The van der Waals surface area contributed by atoms with Crippen LogP contribution in [0, 0.1) is 6.92 Å². The quantitative estimate of drug-likeness (QED) is 0.765. The predicted octanol–water partition coefficient (Wildman–Crippen LogP) is 3.58. The normalized spacial score (nSPS) is 18.0. The van der Waals surface area contributed by atoms with Gasteiger partial charge in [-0.25, -0.2) is 5.10 Å². The molecule has 1 atom stereocenters. The molecule has 1 aromatic carbocycles. The Kier molecular flexibility index (Phi) is 4.32. The Morgan fingerprint density at radius 1 is 1.15 bits per heavy atom. The molecule has 0 bridgehead atoms. The van der Waals surface area contributed by atoms with E-state index in [-0.39, 0.29) is 23.2 Å². The number of aromatic nitrogens is 2. The van der Waals surface area contributed by atoms with Crippen LogP contribution in [0.5, 0.6) is 0 Å². The minimum atomic E-state index is -0.286. The molecule has 3 aromatic rings. The smallest absolute Gasteiger partial charge is 0.275 e. The SMILES string of the molecule is Cc1ccc([C@H]2CCCCCN2C(=O)c2n[nH]c(=O)c3ccccc23)o1. The summed E-state index contributed by atoms with van der Waals surface area (Å²) >= 11 is 0. The minimum absolute atomic E-state index is 0.105. The van der Waals surface area contributed by atoms with E-state index in [1.807, 2.05) is 30.0 Å². The number of nitrogens with one attached hydrogen (secondary N) is 1. The molecule has 1 amide bonds. The van der Waals surface area contributed by atoms with Gasteiger partial charge in [0.1, 0.15) is 11.5 Å². The monoisotopic (exact) mass is 351 g/mol. The number of nitrogens with zero attached hydrogens (tertiary/aromatic N) is 2. The molecule has 2 aromatic heterocycles. The lowest BCUT2D eigenvalue weighted by Gasteiger charge is -2.28. The van der Waals surface area contributed by atoms with Crippen LogP contribution in [-0.4, -0.2) is 27.5 Å². The molecule has 6 nitrogen and oxygen atoms in total. The summed E-state index contributed by atoms with van der Waals surface area (Å²) in [6.07, 6.45) is 3.94. The summed E-state index contributed by atoms with van der Waals surface area (Å²) < 4.78 is 5.83. The maximum atomic E-state index is 13.4. The fraction of sp³-hybridized carbons (Fsp3) is 0.350. The van der Waals surface area contributed by atoms with Crippen molar-refractivity contribution in [1.29, 1.82) is 0 Å². The summed E-state index contributed by atoms with van der Waals surface area (Å²) in [5.74, 6) is 1.48. The first-order chi connectivity index (χ1) is 12.6. The first-order valence-electron chi connectivity index (χ1n) is 9.00. The second-order valence-corrected chi connectivity index (χ2v) is 6.76. The van der Waals surface area contributed by atoms with Crippen LogP contribution in [0.1, 0.15) is 53.7 Å². The average Bonchev–Trinajstić information content (AvgIpc) is 2.94. The zero-order chi connectivity index (χ0) is 18.1. The van der Waals surface area contributed by atoms with Crippen molar-refractivity contribution in [2.24, 2.45) is 0 Å². The molecule has 1 fully saturated rings. The van der Waals surface area contributed by atoms with Crippen LogP contribution in [0.15, 0.2) is 45.6 Å². The number of rotatable bonds is 2. The van der Waals surface area contributed by atoms with Gasteiger partial charge in [-0.2, -0.15) is 5.10 Å². The predicted molar refractivity (Wildman–Crippen MR) is 98.1 cm³/mol. The number of likely N-dealkylation sites (tertiary alicyclic amines) is 1. The van der Waals surface area contributed by atoms with E-state index in [0.717, 1.165) is 37.2 Å². The Morgan fingerprint density at radius 2 is 1.96 bits per heavy atom. The number of hydrogen-bond donors (Lipinski definition) is 1. The van der Waals surface area contributed by atoms with E-state index >= 15 is 0 Å². The highest BCUT2D eigenvalue weighted by Gasteiger charge is 2.31. The fourth-order valence-corrected chi connectivity index (χ4v) is 3.69. The van der Waals surface area contributed by atoms with Crippen LogP contribution in [0.2, 0.25) is 0 Å². The van der Waals surface area contributed by atoms with Crippen molar-refractivity contribution >= 4 is 16.7 Å². The van der Waals surface area contributed by atoms with Gasteiger partial charge in [0.05, 0.1) is 11.4 Å². The van der Waals surface area contributed by atoms with E-state index in [4.69, 9.17) is 4.42 Å². The molecule has 3 heterocycles. The molecule has 1 saturated heterocycles. The highest BCUT2D eigenvalue weighted by molar-refractivity contribution is 6.04. The van der Waals surface area contributed by atoms with E-state index in [1.165, 1.54) is 0 Å². The standard InChI is InChI=1S/C20H21N3O3/c1-13-10-11-17(26-13)16-9-3-2-6-12-23(16)20(25)18-14-7-4-5-8-15(14)19(24)22-21-18/h4-5,7-8,10-11,16H,2-3,6,9,12H2,1H3,(H,22,24)/t16-/m1/s1. The second-order valence-electron chi connectivity index (χ2n) is 6.76. The van der Waals surface area contributed by atoms with E-state index < -0.39 is 0 Å². The van der Waals surface area contributed by atoms with Crippen molar-refractivity contribution in [3.8, 4) is 0 Å². The Morgan fingerprint density at radius 3 is 2.73 bits per heavy atom. The Labute approximate surface area is 150 Å². The summed E-state index contributed by atoms with van der Waals surface area (Å²) in [6.45, 7) is 2.56. The molecule has 26 heavy (non-hydrogen) atoms. The number of hydrogen-bond acceptors (Lipinski definition) is 4. The summed E-state index contributed by atoms with van der Waals surface area (Å²) in [6, 6.07) is 10.9. The van der Waals surface area contributed by atoms with Crippen molar-refractivity contribution in [3.05, 3.63) is 64.0 Å². The van der Waals surface area contributed by atoms with Gasteiger partial charge in [-0.05, 0) is 38.0 Å². The zero-order valence-electron chi connectivity index (χ0n) is 14.7. The lowest BCUT2D eigenvalue weighted by atomic mass is 10.1. The highest BCUT2D eigenvalue weighted by Crippen LogP contribution is 2.32. The van der Waals surface area contributed by atoms with Gasteiger partial charge in [0.15, 0.2) is 5.69 Å². The molecular formula is C20H21N3O3. The van der Waals surface area contributed by atoms with Crippen LogP contribution in [-0.2, 0) is 0 Å². The summed E-state index contributed by atoms with van der Waals surface area (Å²) in [5.41, 5.74) is 0.00149. The molecule has 1 aliphatic rings. The summed E-state index contributed by atoms with van der Waals surface area (Å²) in [7, 11) is 0. The van der Waals surface area contributed by atoms with Gasteiger partial charge >= 0.3 is 0 Å². The van der Waals surface area contributed by atoms with Crippen LogP contribution in [0.4, 0.5) is 0 Å². The number of carbonyl (C=O) groups excluding carboxylic acids is 1. The minimum Gasteiger partial charge on any atom is -0.464 e. The Bertz CT molecular complexity index is 1000. The van der Waals surface area contributed by atoms with Crippen molar-refractivity contribution in [2.45, 2.75) is 38.6 Å². The number of carbonyl (C=O) groups is 1. The molecule has 0 aliphatic carbocycles. The molecule has 0 radical (unpaired) electrons. The lowest BCUT2D eigenvalue weighted by Crippen LogP contribution is -2.36. The number of fused-ring (bicyclic) bond motifs is 1. The van der Waals surface area contributed by atoms with Crippen molar-refractivity contribution in [1.82, 2.24) is 15.1 Å². The highest BCUT2D eigenvalue weighted by atomic mass is 16.3. The molecule has 1 N–H and O–H groups in total. The van der Waals surface area contributed by atoms with Crippen LogP contribution < -0.4 is 5.56 Å². The third-order valence-corrected chi connectivity index (χ3v) is 5.00. The van der Waals surface area contributed by atoms with Gasteiger partial charge in [-0.1, -0.05) is 31.0 Å². The second kappa shape index (κ2) is 6.78. The van der Waals surface area contributed by atoms with Gasteiger partial charge in [0.2, 0.25) is 0 Å². The number of amides is 1.